The Balaban J connectivity index is 2.53. The molecule has 0 saturated carbocycles. The number of carboxylic acids is 1. The molecular weight excluding hydrogens is 242 g/mol. The van der Waals surface area contributed by atoms with E-state index in [1.54, 1.807) is 0 Å². The van der Waals surface area contributed by atoms with Crippen LogP contribution in [0.4, 0.5) is 0 Å². The van der Waals surface area contributed by atoms with E-state index in [-0.39, 0.29) is 30.4 Å². The lowest BCUT2D eigenvalue weighted by Crippen LogP contribution is -2.27. The van der Waals surface area contributed by atoms with Gasteiger partial charge >= 0.3 is 5.97 Å². The number of carboxylic acid groups (broad SMARTS) is 1. The lowest BCUT2D eigenvalue weighted by atomic mass is 10.1. The van der Waals surface area contributed by atoms with E-state index in [9.17, 15) is 19.8 Å². The standard InChI is InChI=1S/C11H15NO6/c1-6(13)12-5-4-7(14)10(15)8-2-3-9(18-8)11(16)17/h2-3,7,10,14-15H,4-5H2,1H3,(H,12,13)(H,16,17). The van der Waals surface area contributed by atoms with Crippen molar-refractivity contribution in [1.82, 2.24) is 5.32 Å². The van der Waals surface area contributed by atoms with Crippen LogP contribution in [-0.2, 0) is 4.79 Å². The normalized spacial score (nSPS) is 13.9. The zero-order valence-electron chi connectivity index (χ0n) is 9.79. The second kappa shape index (κ2) is 6.18. The third-order valence-corrected chi connectivity index (χ3v) is 2.31. The first kappa shape index (κ1) is 14.2. The number of hydrogen-bond acceptors (Lipinski definition) is 5. The maximum absolute atomic E-state index is 10.6. The van der Waals surface area contributed by atoms with Crippen molar-refractivity contribution in [2.75, 3.05) is 6.54 Å². The molecule has 1 aromatic heterocycles. The molecule has 2 unspecified atom stereocenters. The van der Waals surface area contributed by atoms with Crippen LogP contribution in [0.3, 0.4) is 0 Å². The zero-order valence-corrected chi connectivity index (χ0v) is 9.79. The van der Waals surface area contributed by atoms with Crippen LogP contribution in [0.2, 0.25) is 0 Å². The molecule has 100 valence electrons. The van der Waals surface area contributed by atoms with Crippen molar-refractivity contribution in [3.05, 3.63) is 23.7 Å². The highest BCUT2D eigenvalue weighted by Crippen LogP contribution is 2.21. The van der Waals surface area contributed by atoms with Crippen LogP contribution in [0.15, 0.2) is 16.5 Å². The Hall–Kier alpha value is -1.86. The SMILES string of the molecule is CC(=O)NCCC(O)C(O)c1ccc(C(=O)O)o1. The molecule has 0 aliphatic rings. The maximum atomic E-state index is 10.6. The summed E-state index contributed by atoms with van der Waals surface area (Å²) in [6, 6.07) is 2.48. The van der Waals surface area contributed by atoms with E-state index in [4.69, 9.17) is 9.52 Å². The Morgan fingerprint density at radius 2 is 2.06 bits per heavy atom. The van der Waals surface area contributed by atoms with Crippen LogP contribution in [0, 0.1) is 0 Å². The fraction of sp³-hybridized carbons (Fsp3) is 0.455. The third-order valence-electron chi connectivity index (χ3n) is 2.31. The van der Waals surface area contributed by atoms with Crippen molar-refractivity contribution in [3.8, 4) is 0 Å². The van der Waals surface area contributed by atoms with Gasteiger partial charge in [-0.05, 0) is 18.6 Å². The molecule has 0 bridgehead atoms. The first-order chi connectivity index (χ1) is 8.41. The molecule has 0 fully saturated rings. The summed E-state index contributed by atoms with van der Waals surface area (Å²) in [6.07, 6.45) is -2.35. The Morgan fingerprint density at radius 1 is 1.39 bits per heavy atom. The van der Waals surface area contributed by atoms with Crippen LogP contribution < -0.4 is 5.32 Å². The van der Waals surface area contributed by atoms with Gasteiger partial charge in [0.2, 0.25) is 11.7 Å². The fourth-order valence-electron chi connectivity index (χ4n) is 1.37. The Morgan fingerprint density at radius 3 is 2.56 bits per heavy atom. The highest BCUT2D eigenvalue weighted by Gasteiger charge is 2.22. The highest BCUT2D eigenvalue weighted by molar-refractivity contribution is 5.84. The van der Waals surface area contributed by atoms with Crippen LogP contribution in [0.25, 0.3) is 0 Å². The van der Waals surface area contributed by atoms with E-state index in [1.165, 1.54) is 19.1 Å². The van der Waals surface area contributed by atoms with Crippen LogP contribution >= 0.6 is 0 Å². The van der Waals surface area contributed by atoms with Crippen molar-refractivity contribution in [3.63, 3.8) is 0 Å². The monoisotopic (exact) mass is 257 g/mol. The minimum atomic E-state index is -1.33. The summed E-state index contributed by atoms with van der Waals surface area (Å²) in [4.78, 5) is 21.2. The van der Waals surface area contributed by atoms with Crippen molar-refractivity contribution in [2.45, 2.75) is 25.6 Å². The molecule has 18 heavy (non-hydrogen) atoms. The number of aliphatic hydroxyl groups excluding tert-OH is 2. The molecule has 1 rings (SSSR count). The van der Waals surface area contributed by atoms with Gasteiger partial charge in [0.05, 0.1) is 6.10 Å². The number of rotatable bonds is 6. The molecule has 1 heterocycles. The van der Waals surface area contributed by atoms with Gasteiger partial charge in [-0.1, -0.05) is 0 Å². The summed E-state index contributed by atoms with van der Waals surface area (Å²) in [5, 5.41) is 30.4. The van der Waals surface area contributed by atoms with Crippen LogP contribution in [0.1, 0.15) is 35.8 Å². The van der Waals surface area contributed by atoms with E-state index >= 15 is 0 Å². The van der Waals surface area contributed by atoms with Gasteiger partial charge in [0.15, 0.2) is 0 Å². The smallest absolute Gasteiger partial charge is 0.371 e. The van der Waals surface area contributed by atoms with Gasteiger partial charge in [-0.2, -0.15) is 0 Å². The fourth-order valence-corrected chi connectivity index (χ4v) is 1.37. The van der Waals surface area contributed by atoms with E-state index < -0.39 is 18.2 Å². The second-order valence-electron chi connectivity index (χ2n) is 3.79. The van der Waals surface area contributed by atoms with Gasteiger partial charge < -0.3 is 25.1 Å². The summed E-state index contributed by atoms with van der Waals surface area (Å²) in [5.74, 6) is -1.81. The van der Waals surface area contributed by atoms with Gasteiger partial charge in [0, 0.05) is 13.5 Å². The lowest BCUT2D eigenvalue weighted by molar-refractivity contribution is -0.119. The average molecular weight is 257 g/mol. The third kappa shape index (κ3) is 3.86. The molecule has 7 nitrogen and oxygen atoms in total. The van der Waals surface area contributed by atoms with Crippen molar-refractivity contribution in [2.24, 2.45) is 0 Å². The van der Waals surface area contributed by atoms with E-state index in [2.05, 4.69) is 5.32 Å². The number of amides is 1. The van der Waals surface area contributed by atoms with Gasteiger partial charge in [0.25, 0.3) is 0 Å². The van der Waals surface area contributed by atoms with Gasteiger partial charge in [-0.25, -0.2) is 4.79 Å². The van der Waals surface area contributed by atoms with E-state index in [1.807, 2.05) is 0 Å². The number of aromatic carboxylic acids is 1. The number of aliphatic hydroxyl groups is 2. The molecule has 0 radical (unpaired) electrons. The first-order valence-electron chi connectivity index (χ1n) is 5.35. The Bertz CT molecular complexity index is 427. The number of nitrogens with one attached hydrogen (secondary N) is 1. The number of furan rings is 1. The minimum absolute atomic E-state index is 0.0253. The molecule has 1 amide bonds. The highest BCUT2D eigenvalue weighted by atomic mass is 16.4. The van der Waals surface area contributed by atoms with Gasteiger partial charge in [-0.3, -0.25) is 4.79 Å². The summed E-state index contributed by atoms with van der Waals surface area (Å²) in [7, 11) is 0. The topological polar surface area (TPSA) is 120 Å². The quantitative estimate of drug-likeness (QED) is 0.564. The van der Waals surface area contributed by atoms with Gasteiger partial charge in [-0.15, -0.1) is 0 Å². The summed E-state index contributed by atoms with van der Waals surface area (Å²) >= 11 is 0. The van der Waals surface area contributed by atoms with Gasteiger partial charge in [0.1, 0.15) is 11.9 Å². The first-order valence-corrected chi connectivity index (χ1v) is 5.35. The van der Waals surface area contributed by atoms with Crippen molar-refractivity contribution >= 4 is 11.9 Å². The number of carbonyl (C=O) groups excluding carboxylic acids is 1. The predicted octanol–water partition coefficient (Wildman–Crippen LogP) is -0.102. The van der Waals surface area contributed by atoms with E-state index in [0.29, 0.717) is 0 Å². The van der Waals surface area contributed by atoms with E-state index in [0.717, 1.165) is 0 Å². The largest absolute Gasteiger partial charge is 0.475 e. The molecule has 0 aliphatic heterocycles. The molecule has 4 N–H and O–H groups in total. The summed E-state index contributed by atoms with van der Waals surface area (Å²) < 4.78 is 4.86. The van der Waals surface area contributed by atoms with Crippen molar-refractivity contribution in [1.29, 1.82) is 0 Å². The Labute approximate surface area is 103 Å². The minimum Gasteiger partial charge on any atom is -0.475 e. The van der Waals surface area contributed by atoms with Crippen molar-refractivity contribution < 1.29 is 29.3 Å². The molecule has 0 aliphatic carbocycles. The van der Waals surface area contributed by atoms with Crippen LogP contribution in [-0.4, -0.2) is 39.8 Å². The zero-order chi connectivity index (χ0) is 13.7. The average Bonchev–Trinajstić information content (AvgIpc) is 2.76. The molecule has 0 aromatic carbocycles. The van der Waals surface area contributed by atoms with Crippen LogP contribution in [0.5, 0.6) is 0 Å². The molecule has 7 heteroatoms. The molecule has 1 aromatic rings. The number of carbonyl (C=O) groups is 2. The molecular formula is C11H15NO6. The summed E-state index contributed by atoms with van der Waals surface area (Å²) in [5.41, 5.74) is 0. The predicted molar refractivity (Wildman–Crippen MR) is 59.9 cm³/mol. The molecule has 0 spiro atoms. The maximum Gasteiger partial charge on any atom is 0.371 e. The number of hydrogen-bond donors (Lipinski definition) is 4. The molecule has 2 atom stereocenters. The molecule has 0 saturated heterocycles. The summed E-state index contributed by atoms with van der Waals surface area (Å²) in [6.45, 7) is 1.55. The lowest BCUT2D eigenvalue weighted by Gasteiger charge is -2.15. The second-order valence-corrected chi connectivity index (χ2v) is 3.79. The Kier molecular flexibility index (Phi) is 4.87.